The van der Waals surface area contributed by atoms with Crippen LogP contribution in [0.4, 0.5) is 18.9 Å². The Bertz CT molecular complexity index is 517. The van der Waals surface area contributed by atoms with Crippen LogP contribution in [0, 0.1) is 5.92 Å². The summed E-state index contributed by atoms with van der Waals surface area (Å²) in [4.78, 5) is 12.0. The van der Waals surface area contributed by atoms with Gasteiger partial charge in [-0.2, -0.15) is 0 Å². The molecule has 1 aromatic rings. The van der Waals surface area contributed by atoms with E-state index in [-0.39, 0.29) is 22.0 Å². The molecule has 4 nitrogen and oxygen atoms in total. The molecule has 1 saturated heterocycles. The monoisotopic (exact) mass is 366 g/mol. The number of carbonyl (C=O) groups is 1. The van der Waals surface area contributed by atoms with Crippen molar-refractivity contribution in [2.45, 2.75) is 19.2 Å². The third-order valence-corrected chi connectivity index (χ3v) is 3.75. The molecule has 0 aromatic heterocycles. The molecule has 1 heterocycles. The number of benzene rings is 1. The Morgan fingerprint density at radius 3 is 2.57 bits per heavy atom. The first-order chi connectivity index (χ1) is 9.85. The van der Waals surface area contributed by atoms with Crippen molar-refractivity contribution in [2.75, 3.05) is 18.4 Å². The van der Waals surface area contributed by atoms with Crippen molar-refractivity contribution < 1.29 is 22.7 Å². The summed E-state index contributed by atoms with van der Waals surface area (Å²) in [5, 5.41) is 5.87. The van der Waals surface area contributed by atoms with Crippen LogP contribution in [-0.4, -0.2) is 25.4 Å². The van der Waals surface area contributed by atoms with Gasteiger partial charge >= 0.3 is 6.36 Å². The highest BCUT2D eigenvalue weighted by molar-refractivity contribution is 9.10. The number of carbonyl (C=O) groups excluding carboxylic acids is 1. The van der Waals surface area contributed by atoms with Crippen LogP contribution in [0.1, 0.15) is 12.8 Å². The number of halogens is 4. The topological polar surface area (TPSA) is 50.4 Å². The van der Waals surface area contributed by atoms with Gasteiger partial charge < -0.3 is 15.4 Å². The number of hydrogen-bond donors (Lipinski definition) is 2. The largest absolute Gasteiger partial charge is 0.573 e. The van der Waals surface area contributed by atoms with Gasteiger partial charge in [-0.15, -0.1) is 13.2 Å². The van der Waals surface area contributed by atoms with E-state index in [0.29, 0.717) is 5.69 Å². The molecule has 0 unspecified atom stereocenters. The number of alkyl halides is 3. The molecule has 1 aromatic carbocycles. The van der Waals surface area contributed by atoms with Crippen LogP contribution in [0.25, 0.3) is 0 Å². The highest BCUT2D eigenvalue weighted by atomic mass is 79.9. The lowest BCUT2D eigenvalue weighted by Gasteiger charge is -2.22. The van der Waals surface area contributed by atoms with E-state index in [9.17, 15) is 18.0 Å². The van der Waals surface area contributed by atoms with Gasteiger partial charge in [0.05, 0.1) is 4.47 Å². The molecule has 21 heavy (non-hydrogen) atoms. The van der Waals surface area contributed by atoms with Crippen molar-refractivity contribution in [3.63, 3.8) is 0 Å². The zero-order chi connectivity index (χ0) is 15.5. The lowest BCUT2D eigenvalue weighted by Crippen LogP contribution is -2.34. The van der Waals surface area contributed by atoms with Gasteiger partial charge in [-0.3, -0.25) is 4.79 Å². The number of amides is 1. The molecule has 0 radical (unpaired) electrons. The molecule has 8 heteroatoms. The Morgan fingerprint density at radius 2 is 2.00 bits per heavy atom. The van der Waals surface area contributed by atoms with Gasteiger partial charge in [0, 0.05) is 11.6 Å². The second kappa shape index (κ2) is 6.65. The predicted octanol–water partition coefficient (Wildman–Crippen LogP) is 3.29. The summed E-state index contributed by atoms with van der Waals surface area (Å²) < 4.78 is 40.4. The number of ether oxygens (including phenoxy) is 1. The first-order valence-corrected chi connectivity index (χ1v) is 7.21. The van der Waals surface area contributed by atoms with Crippen LogP contribution in [0.3, 0.4) is 0 Å². The van der Waals surface area contributed by atoms with Crippen LogP contribution in [0.15, 0.2) is 22.7 Å². The Morgan fingerprint density at radius 1 is 1.33 bits per heavy atom. The molecule has 0 saturated carbocycles. The van der Waals surface area contributed by atoms with Gasteiger partial charge in [-0.25, -0.2) is 0 Å². The lowest BCUT2D eigenvalue weighted by molar-refractivity contribution is -0.274. The average molecular weight is 367 g/mol. The number of piperidine rings is 1. The Balaban J connectivity index is 2.01. The Labute approximate surface area is 128 Å². The molecule has 2 rings (SSSR count). The zero-order valence-electron chi connectivity index (χ0n) is 11.0. The van der Waals surface area contributed by atoms with Gasteiger partial charge in [0.1, 0.15) is 5.75 Å². The zero-order valence-corrected chi connectivity index (χ0v) is 12.6. The van der Waals surface area contributed by atoms with Crippen LogP contribution >= 0.6 is 15.9 Å². The number of anilines is 1. The molecule has 0 spiro atoms. The number of hydrogen-bond acceptors (Lipinski definition) is 3. The van der Waals surface area contributed by atoms with Gasteiger partial charge in [0.25, 0.3) is 0 Å². The van der Waals surface area contributed by atoms with E-state index in [0.717, 1.165) is 32.0 Å². The molecular weight excluding hydrogens is 353 g/mol. The maximum absolute atomic E-state index is 12.2. The van der Waals surface area contributed by atoms with Gasteiger partial charge in [0.2, 0.25) is 5.91 Å². The van der Waals surface area contributed by atoms with E-state index < -0.39 is 6.36 Å². The number of rotatable bonds is 3. The first-order valence-electron chi connectivity index (χ1n) is 6.42. The molecule has 0 bridgehead atoms. The average Bonchev–Trinajstić information content (AvgIpc) is 2.41. The molecule has 1 fully saturated rings. The molecule has 116 valence electrons. The van der Waals surface area contributed by atoms with Gasteiger partial charge in [0.15, 0.2) is 0 Å². The molecule has 0 atom stereocenters. The Hall–Kier alpha value is -1.28. The fourth-order valence-corrected chi connectivity index (χ4v) is 2.57. The van der Waals surface area contributed by atoms with Gasteiger partial charge in [-0.1, -0.05) is 0 Å². The normalized spacial score (nSPS) is 16.6. The smallest absolute Gasteiger partial charge is 0.405 e. The van der Waals surface area contributed by atoms with E-state index in [1.54, 1.807) is 0 Å². The number of nitrogens with one attached hydrogen (secondary N) is 2. The van der Waals surface area contributed by atoms with Crippen LogP contribution in [0.2, 0.25) is 0 Å². The van der Waals surface area contributed by atoms with Crippen molar-refractivity contribution in [1.29, 1.82) is 0 Å². The minimum Gasteiger partial charge on any atom is -0.405 e. The van der Waals surface area contributed by atoms with Crippen LogP contribution in [0.5, 0.6) is 5.75 Å². The Kier molecular flexibility index (Phi) is 5.10. The summed E-state index contributed by atoms with van der Waals surface area (Å²) in [6.45, 7) is 1.58. The molecule has 2 N–H and O–H groups in total. The van der Waals surface area contributed by atoms with Crippen molar-refractivity contribution in [3.8, 4) is 5.75 Å². The quantitative estimate of drug-likeness (QED) is 0.862. The third-order valence-electron chi connectivity index (χ3n) is 3.14. The minimum atomic E-state index is -4.75. The highest BCUT2D eigenvalue weighted by Gasteiger charge is 2.32. The van der Waals surface area contributed by atoms with Crippen molar-refractivity contribution in [2.24, 2.45) is 5.92 Å². The lowest BCUT2D eigenvalue weighted by atomic mass is 9.97. The maximum Gasteiger partial charge on any atom is 0.573 e. The standard InChI is InChI=1S/C13H14BrF3N2O2/c14-10-7-9(1-2-11(10)21-13(15,16)17)19-12(20)8-3-5-18-6-4-8/h1-2,7-8,18H,3-6H2,(H,19,20). The maximum atomic E-state index is 12.2. The third kappa shape index (κ3) is 4.89. The fraction of sp³-hybridized carbons (Fsp3) is 0.462. The van der Waals surface area contributed by atoms with E-state index in [1.807, 2.05) is 0 Å². The summed E-state index contributed by atoms with van der Waals surface area (Å²) in [6.07, 6.45) is -3.24. The van der Waals surface area contributed by atoms with Gasteiger partial charge in [-0.05, 0) is 60.1 Å². The van der Waals surface area contributed by atoms with Crippen LogP contribution in [-0.2, 0) is 4.79 Å². The molecule has 1 aliphatic rings. The molecule has 0 aliphatic carbocycles. The summed E-state index contributed by atoms with van der Waals surface area (Å²) in [7, 11) is 0. The van der Waals surface area contributed by atoms with E-state index >= 15 is 0 Å². The SMILES string of the molecule is O=C(Nc1ccc(OC(F)(F)F)c(Br)c1)C1CCNCC1. The second-order valence-corrected chi connectivity index (χ2v) is 5.56. The van der Waals surface area contributed by atoms with E-state index in [1.165, 1.54) is 12.1 Å². The fourth-order valence-electron chi connectivity index (χ4n) is 2.11. The summed E-state index contributed by atoms with van der Waals surface area (Å²) in [6, 6.07) is 3.93. The summed E-state index contributed by atoms with van der Waals surface area (Å²) >= 11 is 3.00. The highest BCUT2D eigenvalue weighted by Crippen LogP contribution is 2.32. The predicted molar refractivity (Wildman–Crippen MR) is 75.0 cm³/mol. The second-order valence-electron chi connectivity index (χ2n) is 4.71. The molecule has 1 amide bonds. The van der Waals surface area contributed by atoms with E-state index in [2.05, 4.69) is 31.3 Å². The summed E-state index contributed by atoms with van der Waals surface area (Å²) in [5.41, 5.74) is 0.430. The summed E-state index contributed by atoms with van der Waals surface area (Å²) in [5.74, 6) is -0.536. The molecule has 1 aliphatic heterocycles. The van der Waals surface area contributed by atoms with Crippen LogP contribution < -0.4 is 15.4 Å². The van der Waals surface area contributed by atoms with Crippen molar-refractivity contribution in [1.82, 2.24) is 5.32 Å². The minimum absolute atomic E-state index is 0.0730. The van der Waals surface area contributed by atoms with Crippen molar-refractivity contribution in [3.05, 3.63) is 22.7 Å². The first kappa shape index (κ1) is 16.1. The van der Waals surface area contributed by atoms with Crippen molar-refractivity contribution >= 4 is 27.5 Å². The molecular formula is C13H14BrF3N2O2. The van der Waals surface area contributed by atoms with E-state index in [4.69, 9.17) is 0 Å².